The highest BCUT2D eigenvalue weighted by molar-refractivity contribution is 5.46. The Balaban J connectivity index is 2.60. The van der Waals surface area contributed by atoms with Gasteiger partial charge in [0.25, 0.3) is 0 Å². The summed E-state index contributed by atoms with van der Waals surface area (Å²) < 4.78 is 6.89. The molecule has 0 aliphatic heterocycles. The summed E-state index contributed by atoms with van der Waals surface area (Å²) in [6.45, 7) is 4.53. The van der Waals surface area contributed by atoms with Crippen molar-refractivity contribution in [1.82, 2.24) is 19.8 Å². The minimum absolute atomic E-state index is 0.272. The highest BCUT2D eigenvalue weighted by atomic mass is 16.5. The quantitative estimate of drug-likeness (QED) is 0.800. The van der Waals surface area contributed by atoms with Gasteiger partial charge in [-0.3, -0.25) is 0 Å². The summed E-state index contributed by atoms with van der Waals surface area (Å²) >= 11 is 0. The molecule has 2 aromatic rings. The molecule has 2 rings (SSSR count). The number of fused-ring (bicyclic) bond motifs is 1. The fourth-order valence-corrected chi connectivity index (χ4v) is 1.38. The van der Waals surface area contributed by atoms with Crippen LogP contribution in [0.1, 0.15) is 19.4 Å². The van der Waals surface area contributed by atoms with Crippen LogP contribution in [0.5, 0.6) is 5.88 Å². The standard InChI is InChI=1S/C9H13N5O/c1-3-6-5-7-11-12-9(10)14(7)13-8(6)15-4-2/h5H,3-4H2,1-2H3,(H2,10,12). The summed E-state index contributed by atoms with van der Waals surface area (Å²) in [5.74, 6) is 0.868. The minimum atomic E-state index is 0.272. The van der Waals surface area contributed by atoms with E-state index in [0.29, 0.717) is 18.1 Å². The van der Waals surface area contributed by atoms with Crippen LogP contribution in [0, 0.1) is 0 Å². The zero-order valence-corrected chi connectivity index (χ0v) is 8.77. The van der Waals surface area contributed by atoms with Gasteiger partial charge < -0.3 is 10.5 Å². The van der Waals surface area contributed by atoms with Crippen molar-refractivity contribution in [2.45, 2.75) is 20.3 Å². The van der Waals surface area contributed by atoms with Gasteiger partial charge >= 0.3 is 0 Å². The second-order valence-electron chi connectivity index (χ2n) is 3.09. The van der Waals surface area contributed by atoms with Crippen LogP contribution in [0.25, 0.3) is 5.65 Å². The second kappa shape index (κ2) is 3.72. The van der Waals surface area contributed by atoms with E-state index in [2.05, 4.69) is 15.3 Å². The van der Waals surface area contributed by atoms with Crippen molar-refractivity contribution in [2.75, 3.05) is 12.3 Å². The number of nitrogens with two attached hydrogens (primary N) is 1. The maximum atomic E-state index is 5.60. The largest absolute Gasteiger partial charge is 0.477 e. The number of hydrogen-bond donors (Lipinski definition) is 1. The molecular formula is C9H13N5O. The van der Waals surface area contributed by atoms with Crippen LogP contribution in [0.4, 0.5) is 5.95 Å². The van der Waals surface area contributed by atoms with Gasteiger partial charge in [0, 0.05) is 5.56 Å². The second-order valence-corrected chi connectivity index (χ2v) is 3.09. The fourth-order valence-electron chi connectivity index (χ4n) is 1.38. The van der Waals surface area contributed by atoms with Crippen molar-refractivity contribution in [2.24, 2.45) is 0 Å². The molecule has 6 heteroatoms. The highest BCUT2D eigenvalue weighted by Crippen LogP contribution is 2.18. The Kier molecular flexibility index (Phi) is 2.40. The molecule has 0 atom stereocenters. The van der Waals surface area contributed by atoms with Crippen LogP contribution in [0.3, 0.4) is 0 Å². The lowest BCUT2D eigenvalue weighted by Crippen LogP contribution is -2.05. The van der Waals surface area contributed by atoms with Gasteiger partial charge in [0.15, 0.2) is 5.65 Å². The Morgan fingerprint density at radius 2 is 2.20 bits per heavy atom. The first-order chi connectivity index (χ1) is 7.26. The molecule has 0 saturated heterocycles. The Bertz CT molecular complexity index is 479. The first-order valence-electron chi connectivity index (χ1n) is 4.89. The Morgan fingerprint density at radius 3 is 2.87 bits per heavy atom. The van der Waals surface area contributed by atoms with Crippen molar-refractivity contribution >= 4 is 11.6 Å². The van der Waals surface area contributed by atoms with E-state index in [1.807, 2.05) is 19.9 Å². The van der Waals surface area contributed by atoms with Crippen molar-refractivity contribution < 1.29 is 4.74 Å². The van der Waals surface area contributed by atoms with E-state index in [1.54, 1.807) is 0 Å². The van der Waals surface area contributed by atoms with Crippen molar-refractivity contribution in [3.8, 4) is 5.88 Å². The van der Waals surface area contributed by atoms with Crippen LogP contribution in [0.2, 0.25) is 0 Å². The highest BCUT2D eigenvalue weighted by Gasteiger charge is 2.09. The van der Waals surface area contributed by atoms with E-state index in [0.717, 1.165) is 12.0 Å². The van der Waals surface area contributed by atoms with Gasteiger partial charge in [0.2, 0.25) is 11.8 Å². The van der Waals surface area contributed by atoms with Crippen LogP contribution in [-0.4, -0.2) is 26.4 Å². The third-order valence-electron chi connectivity index (χ3n) is 2.12. The monoisotopic (exact) mass is 207 g/mol. The molecule has 0 saturated carbocycles. The number of anilines is 1. The van der Waals surface area contributed by atoms with Gasteiger partial charge in [-0.05, 0) is 19.4 Å². The van der Waals surface area contributed by atoms with Gasteiger partial charge in [-0.25, -0.2) is 0 Å². The fraction of sp³-hybridized carbons (Fsp3) is 0.444. The van der Waals surface area contributed by atoms with Gasteiger partial charge in [0.1, 0.15) is 0 Å². The predicted octanol–water partition coefficient (Wildman–Crippen LogP) is 0.668. The van der Waals surface area contributed by atoms with Crippen molar-refractivity contribution in [3.63, 3.8) is 0 Å². The summed E-state index contributed by atoms with van der Waals surface area (Å²) in [5.41, 5.74) is 7.26. The molecule has 6 nitrogen and oxygen atoms in total. The Morgan fingerprint density at radius 1 is 1.40 bits per heavy atom. The van der Waals surface area contributed by atoms with E-state index >= 15 is 0 Å². The first-order valence-corrected chi connectivity index (χ1v) is 4.89. The van der Waals surface area contributed by atoms with Crippen molar-refractivity contribution in [3.05, 3.63) is 11.6 Å². The lowest BCUT2D eigenvalue weighted by atomic mass is 10.2. The third-order valence-corrected chi connectivity index (χ3v) is 2.12. The summed E-state index contributed by atoms with van der Waals surface area (Å²) in [7, 11) is 0. The van der Waals surface area contributed by atoms with Gasteiger partial charge in [-0.1, -0.05) is 6.92 Å². The summed E-state index contributed by atoms with van der Waals surface area (Å²) in [5, 5.41) is 11.9. The molecular weight excluding hydrogens is 194 g/mol. The zero-order chi connectivity index (χ0) is 10.8. The van der Waals surface area contributed by atoms with Crippen LogP contribution >= 0.6 is 0 Å². The molecule has 0 unspecified atom stereocenters. The van der Waals surface area contributed by atoms with Gasteiger partial charge in [0.05, 0.1) is 6.61 Å². The van der Waals surface area contributed by atoms with Crippen LogP contribution < -0.4 is 10.5 Å². The molecule has 80 valence electrons. The SMILES string of the molecule is CCOc1nn2c(N)nnc2cc1CC. The van der Waals surface area contributed by atoms with E-state index in [1.165, 1.54) is 4.52 Å². The molecule has 0 aliphatic rings. The smallest absolute Gasteiger partial charge is 0.243 e. The van der Waals surface area contributed by atoms with Gasteiger partial charge in [-0.2, -0.15) is 4.52 Å². The maximum Gasteiger partial charge on any atom is 0.243 e. The zero-order valence-electron chi connectivity index (χ0n) is 8.77. The lowest BCUT2D eigenvalue weighted by Gasteiger charge is -2.07. The number of rotatable bonds is 3. The molecule has 2 N–H and O–H groups in total. The van der Waals surface area contributed by atoms with E-state index in [-0.39, 0.29) is 5.95 Å². The number of aryl methyl sites for hydroxylation is 1. The number of nitrogen functional groups attached to an aromatic ring is 1. The molecule has 0 fully saturated rings. The normalized spacial score (nSPS) is 10.8. The molecule has 0 bridgehead atoms. The van der Waals surface area contributed by atoms with E-state index in [9.17, 15) is 0 Å². The third kappa shape index (κ3) is 1.58. The van der Waals surface area contributed by atoms with Crippen molar-refractivity contribution in [1.29, 1.82) is 0 Å². The average molecular weight is 207 g/mol. The number of aromatic nitrogens is 4. The topological polar surface area (TPSA) is 78.3 Å². The minimum Gasteiger partial charge on any atom is -0.477 e. The molecule has 0 spiro atoms. The van der Waals surface area contributed by atoms with E-state index < -0.39 is 0 Å². The summed E-state index contributed by atoms with van der Waals surface area (Å²) in [4.78, 5) is 0. The molecule has 2 heterocycles. The lowest BCUT2D eigenvalue weighted by molar-refractivity contribution is 0.318. The average Bonchev–Trinajstić information content (AvgIpc) is 2.60. The number of hydrogen-bond acceptors (Lipinski definition) is 5. The summed E-state index contributed by atoms with van der Waals surface area (Å²) in [6.07, 6.45) is 0.839. The van der Waals surface area contributed by atoms with E-state index in [4.69, 9.17) is 10.5 Å². The summed E-state index contributed by atoms with van der Waals surface area (Å²) in [6, 6.07) is 1.89. The molecule has 0 aliphatic carbocycles. The molecule has 2 aromatic heterocycles. The molecule has 0 amide bonds. The molecule has 15 heavy (non-hydrogen) atoms. The maximum absolute atomic E-state index is 5.60. The Hall–Kier alpha value is -1.85. The number of nitrogens with zero attached hydrogens (tertiary/aromatic N) is 4. The predicted molar refractivity (Wildman–Crippen MR) is 55.7 cm³/mol. The number of ether oxygens (including phenoxy) is 1. The first kappa shape index (κ1) is 9.70. The van der Waals surface area contributed by atoms with Crippen LogP contribution in [-0.2, 0) is 6.42 Å². The Labute approximate surface area is 87.1 Å². The van der Waals surface area contributed by atoms with Gasteiger partial charge in [-0.15, -0.1) is 15.3 Å². The molecule has 0 aromatic carbocycles. The van der Waals surface area contributed by atoms with Crippen LogP contribution in [0.15, 0.2) is 6.07 Å². The molecule has 0 radical (unpaired) electrons.